The Bertz CT molecular complexity index is 385. The lowest BCUT2D eigenvalue weighted by Gasteiger charge is -2.31. The maximum atomic E-state index is 14.1. The van der Waals surface area contributed by atoms with Crippen molar-refractivity contribution < 1.29 is 9.13 Å². The molecule has 2 nitrogen and oxygen atoms in total. The first-order valence-corrected chi connectivity index (χ1v) is 6.45. The Morgan fingerprint density at radius 3 is 2.50 bits per heavy atom. The van der Waals surface area contributed by atoms with E-state index in [4.69, 9.17) is 4.74 Å². The monoisotopic (exact) mass is 253 g/mol. The fraction of sp³-hybridized carbons (Fsp3) is 0.600. The van der Waals surface area contributed by atoms with Gasteiger partial charge in [-0.3, -0.25) is 0 Å². The minimum atomic E-state index is -0.243. The molecule has 1 atom stereocenters. The molecule has 0 saturated carbocycles. The molecule has 1 aromatic carbocycles. The van der Waals surface area contributed by atoms with E-state index in [-0.39, 0.29) is 17.3 Å². The van der Waals surface area contributed by atoms with Crippen molar-refractivity contribution in [1.82, 2.24) is 5.32 Å². The molecule has 0 aromatic heterocycles. The highest BCUT2D eigenvalue weighted by molar-refractivity contribution is 5.31. The number of nitrogens with one attached hydrogen (secondary N) is 1. The predicted molar refractivity (Wildman–Crippen MR) is 73.6 cm³/mol. The van der Waals surface area contributed by atoms with E-state index >= 15 is 0 Å². The Morgan fingerprint density at radius 2 is 2.00 bits per heavy atom. The lowest BCUT2D eigenvalue weighted by atomic mass is 9.83. The lowest BCUT2D eigenvalue weighted by molar-refractivity contribution is 0.267. The summed E-state index contributed by atoms with van der Waals surface area (Å²) in [7, 11) is 1.49. The van der Waals surface area contributed by atoms with Gasteiger partial charge in [0.25, 0.3) is 0 Å². The van der Waals surface area contributed by atoms with Crippen molar-refractivity contribution in [3.8, 4) is 5.75 Å². The molecule has 0 radical (unpaired) electrons. The van der Waals surface area contributed by atoms with Crippen LogP contribution in [-0.2, 0) is 6.42 Å². The fourth-order valence-electron chi connectivity index (χ4n) is 2.02. The highest BCUT2D eigenvalue weighted by Crippen LogP contribution is 2.26. The van der Waals surface area contributed by atoms with E-state index in [0.29, 0.717) is 17.7 Å². The molecule has 18 heavy (non-hydrogen) atoms. The summed E-state index contributed by atoms with van der Waals surface area (Å²) in [4.78, 5) is 0. The average Bonchev–Trinajstić information content (AvgIpc) is 2.29. The van der Waals surface area contributed by atoms with Gasteiger partial charge in [0.2, 0.25) is 0 Å². The molecule has 0 aliphatic heterocycles. The topological polar surface area (TPSA) is 21.3 Å². The Labute approximate surface area is 110 Å². The normalized spacial score (nSPS) is 13.4. The van der Waals surface area contributed by atoms with Crippen LogP contribution >= 0.6 is 0 Å². The Hall–Kier alpha value is -1.09. The van der Waals surface area contributed by atoms with Crippen LogP contribution in [0.1, 0.15) is 33.3 Å². The van der Waals surface area contributed by atoms with Gasteiger partial charge in [0.15, 0.2) is 11.6 Å². The maximum Gasteiger partial charge on any atom is 0.168 e. The molecular weight excluding hydrogens is 229 g/mol. The van der Waals surface area contributed by atoms with Gasteiger partial charge in [-0.25, -0.2) is 4.39 Å². The van der Waals surface area contributed by atoms with Gasteiger partial charge in [-0.05, 0) is 30.0 Å². The molecule has 0 aliphatic rings. The molecule has 1 aromatic rings. The Kier molecular flexibility index (Phi) is 5.15. The number of likely N-dealkylation sites (N-methyl/N-ethyl adjacent to an activating group) is 1. The van der Waals surface area contributed by atoms with Crippen LogP contribution in [0.25, 0.3) is 0 Å². The quantitative estimate of drug-likeness (QED) is 0.868. The fourth-order valence-corrected chi connectivity index (χ4v) is 2.02. The molecule has 0 aliphatic carbocycles. The molecule has 0 spiro atoms. The number of rotatable bonds is 5. The average molecular weight is 253 g/mol. The summed E-state index contributed by atoms with van der Waals surface area (Å²) in [5, 5.41) is 3.43. The Balaban J connectivity index is 2.94. The maximum absolute atomic E-state index is 14.1. The van der Waals surface area contributed by atoms with Gasteiger partial charge in [-0.2, -0.15) is 0 Å². The number of benzene rings is 1. The van der Waals surface area contributed by atoms with Gasteiger partial charge >= 0.3 is 0 Å². The van der Waals surface area contributed by atoms with E-state index in [2.05, 4.69) is 33.0 Å². The van der Waals surface area contributed by atoms with Crippen molar-refractivity contribution in [2.24, 2.45) is 5.41 Å². The zero-order chi connectivity index (χ0) is 13.8. The molecule has 1 N–H and O–H groups in total. The molecule has 3 heteroatoms. The summed E-state index contributed by atoms with van der Waals surface area (Å²) in [6, 6.07) is 5.55. The summed E-state index contributed by atoms with van der Waals surface area (Å²) in [5.74, 6) is 0.0730. The number of ether oxygens (including phenoxy) is 1. The molecule has 102 valence electrons. The zero-order valence-electron chi connectivity index (χ0n) is 12.0. The Morgan fingerprint density at radius 1 is 1.33 bits per heavy atom. The van der Waals surface area contributed by atoms with Crippen molar-refractivity contribution in [3.63, 3.8) is 0 Å². The molecule has 0 saturated heterocycles. The van der Waals surface area contributed by atoms with Crippen molar-refractivity contribution >= 4 is 0 Å². The van der Waals surface area contributed by atoms with E-state index in [9.17, 15) is 4.39 Å². The molecular formula is C15H24FNO. The number of hydrogen-bond donors (Lipinski definition) is 1. The van der Waals surface area contributed by atoms with Crippen LogP contribution < -0.4 is 10.1 Å². The molecule has 0 heterocycles. The molecule has 0 bridgehead atoms. The van der Waals surface area contributed by atoms with E-state index in [1.165, 1.54) is 7.11 Å². The van der Waals surface area contributed by atoms with Crippen molar-refractivity contribution in [2.75, 3.05) is 13.7 Å². The first-order chi connectivity index (χ1) is 8.40. The number of hydrogen-bond acceptors (Lipinski definition) is 2. The van der Waals surface area contributed by atoms with Gasteiger partial charge in [-0.15, -0.1) is 0 Å². The molecule has 1 rings (SSSR count). The van der Waals surface area contributed by atoms with Gasteiger partial charge < -0.3 is 10.1 Å². The van der Waals surface area contributed by atoms with Crippen LogP contribution in [0.2, 0.25) is 0 Å². The second-order valence-corrected chi connectivity index (χ2v) is 5.61. The minimum absolute atomic E-state index is 0.0888. The largest absolute Gasteiger partial charge is 0.494 e. The second-order valence-electron chi connectivity index (χ2n) is 5.61. The third-order valence-electron chi connectivity index (χ3n) is 3.18. The highest BCUT2D eigenvalue weighted by Gasteiger charge is 2.25. The summed E-state index contributed by atoms with van der Waals surface area (Å²) in [6.45, 7) is 9.45. The molecule has 0 amide bonds. The van der Waals surface area contributed by atoms with Crippen LogP contribution in [0.15, 0.2) is 18.2 Å². The van der Waals surface area contributed by atoms with Gasteiger partial charge in [-0.1, -0.05) is 39.8 Å². The summed E-state index contributed by atoms with van der Waals surface area (Å²) in [6.07, 6.45) is 0.667. The van der Waals surface area contributed by atoms with Crippen molar-refractivity contribution in [3.05, 3.63) is 29.6 Å². The summed E-state index contributed by atoms with van der Waals surface area (Å²) < 4.78 is 19.1. The van der Waals surface area contributed by atoms with E-state index in [1.54, 1.807) is 6.07 Å². The van der Waals surface area contributed by atoms with Gasteiger partial charge in [0.1, 0.15) is 0 Å². The molecule has 0 fully saturated rings. The lowest BCUT2D eigenvalue weighted by Crippen LogP contribution is -2.42. The zero-order valence-corrected chi connectivity index (χ0v) is 12.0. The van der Waals surface area contributed by atoms with E-state index in [0.717, 1.165) is 6.54 Å². The standard InChI is InChI=1S/C15H24FNO/c1-6-17-13(15(2,3)4)10-11-8-7-9-12(18-5)14(11)16/h7-9,13,17H,6,10H2,1-5H3. The summed E-state index contributed by atoms with van der Waals surface area (Å²) in [5.41, 5.74) is 0.793. The first kappa shape index (κ1) is 15.0. The third-order valence-corrected chi connectivity index (χ3v) is 3.18. The van der Waals surface area contributed by atoms with Crippen molar-refractivity contribution in [1.29, 1.82) is 0 Å². The highest BCUT2D eigenvalue weighted by atomic mass is 19.1. The number of halogens is 1. The number of methoxy groups -OCH3 is 1. The SMILES string of the molecule is CCNC(Cc1cccc(OC)c1F)C(C)(C)C. The van der Waals surface area contributed by atoms with Crippen LogP contribution in [0.4, 0.5) is 4.39 Å². The second kappa shape index (κ2) is 6.19. The van der Waals surface area contributed by atoms with Gasteiger partial charge in [0.05, 0.1) is 7.11 Å². The molecule has 1 unspecified atom stereocenters. The van der Waals surface area contributed by atoms with Crippen LogP contribution in [-0.4, -0.2) is 19.7 Å². The third kappa shape index (κ3) is 3.70. The van der Waals surface area contributed by atoms with E-state index < -0.39 is 0 Å². The van der Waals surface area contributed by atoms with Crippen LogP contribution in [0.3, 0.4) is 0 Å². The smallest absolute Gasteiger partial charge is 0.168 e. The first-order valence-electron chi connectivity index (χ1n) is 6.45. The summed E-state index contributed by atoms with van der Waals surface area (Å²) >= 11 is 0. The minimum Gasteiger partial charge on any atom is -0.494 e. The van der Waals surface area contributed by atoms with E-state index in [1.807, 2.05) is 12.1 Å². The van der Waals surface area contributed by atoms with Crippen LogP contribution in [0, 0.1) is 11.2 Å². The van der Waals surface area contributed by atoms with Gasteiger partial charge in [0, 0.05) is 6.04 Å². The predicted octanol–water partition coefficient (Wildman–Crippen LogP) is 3.40. The van der Waals surface area contributed by atoms with Crippen LogP contribution in [0.5, 0.6) is 5.75 Å². The van der Waals surface area contributed by atoms with Crippen molar-refractivity contribution in [2.45, 2.75) is 40.2 Å².